The number of hydrogen-bond acceptors (Lipinski definition) is 10. The molecule has 0 saturated carbocycles. The Labute approximate surface area is 263 Å². The standard InChI is InChI=1S/C30H39N7O9/c1-16-7-22(38)28(44)19(34(16)4)10-31-25(41)13-37(14-26(42)32-11-20-29(45)23(39)8-17(2)35(20)5)15-27(43)33-12-21-30(46)24(40)9-18(3)36(21)6/h7-9,44-46H,10-15H2,1-6H3,(H,31,41)(H,32,42)(H,33,43). The average molecular weight is 642 g/mol. The van der Waals surface area contributed by atoms with Crippen molar-refractivity contribution in [3.05, 3.63) is 83.0 Å². The molecule has 3 heterocycles. The van der Waals surface area contributed by atoms with Crippen molar-refractivity contribution in [3.8, 4) is 17.2 Å². The fraction of sp³-hybridized carbons (Fsp3) is 0.400. The molecule has 0 aliphatic carbocycles. The normalized spacial score (nSPS) is 11.0. The van der Waals surface area contributed by atoms with E-state index in [1.807, 2.05) is 0 Å². The number of nitrogens with one attached hydrogen (secondary N) is 3. The molecular weight excluding hydrogens is 602 g/mol. The van der Waals surface area contributed by atoms with Crippen molar-refractivity contribution in [2.75, 3.05) is 19.6 Å². The number of aromatic hydroxyl groups is 3. The van der Waals surface area contributed by atoms with Gasteiger partial charge in [-0.2, -0.15) is 0 Å². The van der Waals surface area contributed by atoms with Gasteiger partial charge in [0.2, 0.25) is 34.0 Å². The fourth-order valence-electron chi connectivity index (χ4n) is 4.71. The highest BCUT2D eigenvalue weighted by Gasteiger charge is 2.21. The summed E-state index contributed by atoms with van der Waals surface area (Å²) < 4.78 is 4.62. The molecule has 3 aromatic heterocycles. The minimum absolute atomic E-state index is 0.160. The molecule has 0 fully saturated rings. The van der Waals surface area contributed by atoms with Crippen LogP contribution in [0.3, 0.4) is 0 Å². The monoisotopic (exact) mass is 641 g/mol. The van der Waals surface area contributed by atoms with Gasteiger partial charge in [-0.15, -0.1) is 0 Å². The third kappa shape index (κ3) is 8.20. The van der Waals surface area contributed by atoms with Gasteiger partial charge in [-0.1, -0.05) is 0 Å². The van der Waals surface area contributed by atoms with E-state index in [9.17, 15) is 44.1 Å². The summed E-state index contributed by atoms with van der Waals surface area (Å²) in [5.41, 5.74) is 0.314. The maximum absolute atomic E-state index is 12.9. The van der Waals surface area contributed by atoms with Crippen molar-refractivity contribution >= 4 is 17.7 Å². The number of amides is 3. The summed E-state index contributed by atoms with van der Waals surface area (Å²) >= 11 is 0. The first-order chi connectivity index (χ1) is 21.5. The molecule has 0 saturated heterocycles. The number of carbonyl (C=O) groups is 3. The first-order valence-electron chi connectivity index (χ1n) is 14.2. The predicted molar refractivity (Wildman–Crippen MR) is 166 cm³/mol. The second-order valence-electron chi connectivity index (χ2n) is 11.0. The molecule has 46 heavy (non-hydrogen) atoms. The van der Waals surface area contributed by atoms with Crippen LogP contribution in [0.2, 0.25) is 0 Å². The highest BCUT2D eigenvalue weighted by Crippen LogP contribution is 2.14. The van der Waals surface area contributed by atoms with E-state index in [1.54, 1.807) is 41.9 Å². The Hall–Kier alpha value is -5.38. The second kappa shape index (κ2) is 14.6. The minimum atomic E-state index is -0.633. The molecule has 0 aliphatic rings. The second-order valence-corrected chi connectivity index (χ2v) is 11.0. The fourth-order valence-corrected chi connectivity index (χ4v) is 4.71. The van der Waals surface area contributed by atoms with Crippen LogP contribution in [0.1, 0.15) is 34.2 Å². The Balaban J connectivity index is 1.75. The lowest BCUT2D eigenvalue weighted by atomic mass is 10.2. The van der Waals surface area contributed by atoms with Gasteiger partial charge in [-0.25, -0.2) is 0 Å². The number of hydrogen-bond donors (Lipinski definition) is 6. The van der Waals surface area contributed by atoms with Crippen LogP contribution in [0, 0.1) is 20.8 Å². The molecule has 0 spiro atoms. The van der Waals surface area contributed by atoms with Crippen LogP contribution in [-0.2, 0) is 55.2 Å². The van der Waals surface area contributed by atoms with E-state index >= 15 is 0 Å². The maximum atomic E-state index is 12.9. The molecular formula is C30H39N7O9. The highest BCUT2D eigenvalue weighted by molar-refractivity contribution is 5.84. The Morgan fingerprint density at radius 2 is 0.804 bits per heavy atom. The molecule has 0 unspecified atom stereocenters. The van der Waals surface area contributed by atoms with Crippen LogP contribution >= 0.6 is 0 Å². The van der Waals surface area contributed by atoms with Crippen LogP contribution in [0.15, 0.2) is 32.6 Å². The molecule has 0 radical (unpaired) electrons. The number of pyridine rings is 3. The van der Waals surface area contributed by atoms with Gasteiger partial charge in [0.15, 0.2) is 17.2 Å². The molecule has 16 nitrogen and oxygen atoms in total. The van der Waals surface area contributed by atoms with Gasteiger partial charge in [-0.05, 0) is 20.8 Å². The first kappa shape index (κ1) is 35.1. The van der Waals surface area contributed by atoms with Gasteiger partial charge < -0.3 is 45.0 Å². The molecule has 248 valence electrons. The number of aromatic nitrogens is 3. The molecule has 0 aromatic carbocycles. The molecule has 16 heteroatoms. The summed E-state index contributed by atoms with van der Waals surface area (Å²) in [6, 6.07) is 3.76. The van der Waals surface area contributed by atoms with Crippen LogP contribution in [-0.4, -0.2) is 71.3 Å². The third-order valence-corrected chi connectivity index (χ3v) is 7.80. The van der Waals surface area contributed by atoms with Crippen molar-refractivity contribution < 1.29 is 29.7 Å². The Kier molecular flexibility index (Phi) is 11.1. The van der Waals surface area contributed by atoms with Crippen LogP contribution in [0.5, 0.6) is 17.2 Å². The minimum Gasteiger partial charge on any atom is -0.503 e. The van der Waals surface area contributed by atoms with Gasteiger partial charge >= 0.3 is 0 Å². The van der Waals surface area contributed by atoms with Crippen molar-refractivity contribution in [2.24, 2.45) is 21.1 Å². The lowest BCUT2D eigenvalue weighted by molar-refractivity contribution is -0.127. The van der Waals surface area contributed by atoms with E-state index in [4.69, 9.17) is 0 Å². The Morgan fingerprint density at radius 3 is 1.04 bits per heavy atom. The molecule has 6 N–H and O–H groups in total. The number of nitrogens with zero attached hydrogens (tertiary/aromatic N) is 4. The van der Waals surface area contributed by atoms with E-state index in [2.05, 4.69) is 16.0 Å². The maximum Gasteiger partial charge on any atom is 0.234 e. The highest BCUT2D eigenvalue weighted by atomic mass is 16.3. The van der Waals surface area contributed by atoms with Crippen molar-refractivity contribution in [1.82, 2.24) is 34.6 Å². The molecule has 3 amide bonds. The lowest BCUT2D eigenvalue weighted by Gasteiger charge is -2.22. The number of carbonyl (C=O) groups excluding carboxylic acids is 3. The Morgan fingerprint density at radius 1 is 0.565 bits per heavy atom. The quantitative estimate of drug-likeness (QED) is 0.133. The summed E-state index contributed by atoms with van der Waals surface area (Å²) in [4.78, 5) is 76.1. The average Bonchev–Trinajstić information content (AvgIpc) is 2.98. The molecule has 0 aliphatic heterocycles. The van der Waals surface area contributed by atoms with Crippen LogP contribution in [0.25, 0.3) is 0 Å². The van der Waals surface area contributed by atoms with Crippen molar-refractivity contribution in [1.29, 1.82) is 0 Å². The Bertz CT molecular complexity index is 1640. The SMILES string of the molecule is Cc1cc(=O)c(O)c(CNC(=O)CN(CC(=O)NCc2c(O)c(=O)cc(C)n2C)CC(=O)NCc2c(O)c(=O)cc(C)n2C)n1C. The van der Waals surface area contributed by atoms with Gasteiger partial charge in [-0.3, -0.25) is 33.7 Å². The number of aryl methyl sites for hydroxylation is 3. The van der Waals surface area contributed by atoms with E-state index in [0.717, 1.165) is 0 Å². The van der Waals surface area contributed by atoms with E-state index < -0.39 is 70.9 Å². The zero-order valence-corrected chi connectivity index (χ0v) is 26.6. The van der Waals surface area contributed by atoms with Gasteiger partial charge in [0, 0.05) is 56.4 Å². The van der Waals surface area contributed by atoms with E-state index in [-0.39, 0.29) is 36.7 Å². The van der Waals surface area contributed by atoms with Gasteiger partial charge in [0.25, 0.3) is 0 Å². The van der Waals surface area contributed by atoms with Crippen molar-refractivity contribution in [2.45, 2.75) is 40.4 Å². The van der Waals surface area contributed by atoms with Crippen LogP contribution in [0.4, 0.5) is 0 Å². The summed E-state index contributed by atoms with van der Waals surface area (Å²) in [7, 11) is 4.84. The smallest absolute Gasteiger partial charge is 0.234 e. The molecule has 0 bridgehead atoms. The zero-order chi connectivity index (χ0) is 34.5. The lowest BCUT2D eigenvalue weighted by Crippen LogP contribution is -2.47. The van der Waals surface area contributed by atoms with Gasteiger partial charge in [0.05, 0.1) is 56.4 Å². The van der Waals surface area contributed by atoms with Gasteiger partial charge in [0.1, 0.15) is 0 Å². The topological polar surface area (TPSA) is 217 Å². The summed E-state index contributed by atoms with van der Waals surface area (Å²) in [6.45, 7) is 2.97. The number of rotatable bonds is 12. The van der Waals surface area contributed by atoms with Crippen LogP contribution < -0.4 is 32.2 Å². The predicted octanol–water partition coefficient (Wildman–Crippen LogP) is -1.62. The zero-order valence-electron chi connectivity index (χ0n) is 26.6. The molecule has 0 atom stereocenters. The molecule has 3 rings (SSSR count). The van der Waals surface area contributed by atoms with Crippen molar-refractivity contribution in [3.63, 3.8) is 0 Å². The first-order valence-corrected chi connectivity index (χ1v) is 14.2. The summed E-state index contributed by atoms with van der Waals surface area (Å²) in [5.74, 6) is -3.46. The van der Waals surface area contributed by atoms with E-state index in [0.29, 0.717) is 17.1 Å². The summed E-state index contributed by atoms with van der Waals surface area (Å²) in [5, 5.41) is 38.4. The third-order valence-electron chi connectivity index (χ3n) is 7.80. The molecule has 3 aromatic rings. The summed E-state index contributed by atoms with van der Waals surface area (Å²) in [6.07, 6.45) is 0. The van der Waals surface area contributed by atoms with E-state index in [1.165, 1.54) is 36.8 Å². The largest absolute Gasteiger partial charge is 0.503 e.